The minimum Gasteiger partial charge on any atom is -0.361 e. The van der Waals surface area contributed by atoms with Gasteiger partial charge in [-0.1, -0.05) is 41.6 Å². The van der Waals surface area contributed by atoms with Crippen molar-refractivity contribution in [2.75, 3.05) is 0 Å². The Hall–Kier alpha value is -0.760. The summed E-state index contributed by atoms with van der Waals surface area (Å²) in [4.78, 5) is 3.37. The van der Waals surface area contributed by atoms with Gasteiger partial charge in [0.2, 0.25) is 0 Å². The van der Waals surface area contributed by atoms with Crippen molar-refractivity contribution in [1.82, 2.24) is 4.98 Å². The lowest BCUT2D eigenvalue weighted by Gasteiger charge is -2.07. The second-order valence-electron chi connectivity index (χ2n) is 5.19. The van der Waals surface area contributed by atoms with E-state index >= 15 is 0 Å². The molecule has 0 saturated heterocycles. The van der Waals surface area contributed by atoms with E-state index in [1.165, 1.54) is 59.5 Å². The Morgan fingerprint density at radius 3 is 2.88 bits per heavy atom. The summed E-state index contributed by atoms with van der Waals surface area (Å²) in [6.45, 7) is 0. The molecule has 0 unspecified atom stereocenters. The number of halogens is 1. The van der Waals surface area contributed by atoms with Crippen molar-refractivity contribution in [3.05, 3.63) is 34.4 Å². The lowest BCUT2D eigenvalue weighted by Crippen LogP contribution is -1.95. The standard InChI is InChI=1S/C15H18BrN/c16-13-7-8-15-14(9-13)12(10-17-15)6-5-11-3-1-2-4-11/h7-11,17H,1-6H2. The van der Waals surface area contributed by atoms with Gasteiger partial charge in [-0.15, -0.1) is 0 Å². The summed E-state index contributed by atoms with van der Waals surface area (Å²) in [6.07, 6.45) is 10.6. The van der Waals surface area contributed by atoms with Gasteiger partial charge >= 0.3 is 0 Å². The van der Waals surface area contributed by atoms with Gasteiger partial charge in [0.05, 0.1) is 0 Å². The van der Waals surface area contributed by atoms with Crippen LogP contribution < -0.4 is 0 Å². The molecule has 17 heavy (non-hydrogen) atoms. The average Bonchev–Trinajstić information content (AvgIpc) is 2.94. The van der Waals surface area contributed by atoms with E-state index in [0.717, 1.165) is 5.92 Å². The lowest BCUT2D eigenvalue weighted by molar-refractivity contribution is 0.504. The number of H-pyrrole nitrogens is 1. The third kappa shape index (κ3) is 2.42. The number of rotatable bonds is 3. The van der Waals surface area contributed by atoms with Crippen molar-refractivity contribution in [1.29, 1.82) is 0 Å². The first-order chi connectivity index (χ1) is 8.33. The molecule has 0 spiro atoms. The van der Waals surface area contributed by atoms with Crippen LogP contribution in [-0.4, -0.2) is 4.98 Å². The van der Waals surface area contributed by atoms with E-state index in [4.69, 9.17) is 0 Å². The van der Waals surface area contributed by atoms with Crippen LogP contribution in [0.4, 0.5) is 0 Å². The molecule has 1 aliphatic rings. The molecule has 90 valence electrons. The first-order valence-electron chi connectivity index (χ1n) is 6.58. The Morgan fingerprint density at radius 2 is 2.06 bits per heavy atom. The zero-order valence-corrected chi connectivity index (χ0v) is 11.6. The van der Waals surface area contributed by atoms with Gasteiger partial charge in [-0.2, -0.15) is 0 Å². The highest BCUT2D eigenvalue weighted by Gasteiger charge is 2.15. The van der Waals surface area contributed by atoms with Gasteiger partial charge in [0.1, 0.15) is 0 Å². The van der Waals surface area contributed by atoms with E-state index in [1.807, 2.05) is 0 Å². The second-order valence-corrected chi connectivity index (χ2v) is 6.11. The van der Waals surface area contributed by atoms with Crippen LogP contribution in [0.3, 0.4) is 0 Å². The topological polar surface area (TPSA) is 15.8 Å². The van der Waals surface area contributed by atoms with Crippen LogP contribution in [-0.2, 0) is 6.42 Å². The number of aromatic nitrogens is 1. The molecule has 1 aromatic carbocycles. The van der Waals surface area contributed by atoms with Crippen molar-refractivity contribution in [2.24, 2.45) is 5.92 Å². The SMILES string of the molecule is Brc1ccc2[nH]cc(CCC3CCCC3)c2c1. The number of aryl methyl sites for hydroxylation is 1. The zero-order chi connectivity index (χ0) is 11.7. The van der Waals surface area contributed by atoms with Gasteiger partial charge in [0.25, 0.3) is 0 Å². The fourth-order valence-electron chi connectivity index (χ4n) is 3.02. The fourth-order valence-corrected chi connectivity index (χ4v) is 3.38. The molecular formula is C15H18BrN. The van der Waals surface area contributed by atoms with Crippen molar-refractivity contribution in [2.45, 2.75) is 38.5 Å². The van der Waals surface area contributed by atoms with Crippen LogP contribution in [0, 0.1) is 5.92 Å². The van der Waals surface area contributed by atoms with Crippen LogP contribution in [0.2, 0.25) is 0 Å². The predicted molar refractivity (Wildman–Crippen MR) is 76.3 cm³/mol. The maximum Gasteiger partial charge on any atom is 0.0457 e. The monoisotopic (exact) mass is 291 g/mol. The summed E-state index contributed by atoms with van der Waals surface area (Å²) < 4.78 is 1.17. The summed E-state index contributed by atoms with van der Waals surface area (Å²) in [5.74, 6) is 0.979. The highest BCUT2D eigenvalue weighted by atomic mass is 79.9. The highest BCUT2D eigenvalue weighted by Crippen LogP contribution is 2.30. The number of benzene rings is 1. The van der Waals surface area contributed by atoms with Crippen molar-refractivity contribution in [3.8, 4) is 0 Å². The van der Waals surface area contributed by atoms with Crippen LogP contribution >= 0.6 is 15.9 Å². The first-order valence-corrected chi connectivity index (χ1v) is 7.38. The number of aromatic amines is 1. The quantitative estimate of drug-likeness (QED) is 0.814. The van der Waals surface area contributed by atoms with E-state index in [0.29, 0.717) is 0 Å². The molecule has 2 heteroatoms. The number of hydrogen-bond acceptors (Lipinski definition) is 0. The maximum absolute atomic E-state index is 3.55. The van der Waals surface area contributed by atoms with Crippen LogP contribution in [0.15, 0.2) is 28.9 Å². The third-order valence-electron chi connectivity index (χ3n) is 4.03. The molecule has 1 aromatic heterocycles. The molecule has 1 N–H and O–H groups in total. The molecule has 1 saturated carbocycles. The van der Waals surface area contributed by atoms with Crippen LogP contribution in [0.1, 0.15) is 37.7 Å². The third-order valence-corrected chi connectivity index (χ3v) is 4.52. The summed E-state index contributed by atoms with van der Waals surface area (Å²) in [5.41, 5.74) is 2.74. The van der Waals surface area contributed by atoms with E-state index < -0.39 is 0 Å². The summed E-state index contributed by atoms with van der Waals surface area (Å²) >= 11 is 3.55. The summed E-state index contributed by atoms with van der Waals surface area (Å²) in [6, 6.07) is 6.48. The maximum atomic E-state index is 3.55. The Kier molecular flexibility index (Phi) is 3.24. The van der Waals surface area contributed by atoms with Crippen LogP contribution in [0.25, 0.3) is 10.9 Å². The molecule has 1 heterocycles. The minimum atomic E-state index is 0.979. The molecule has 0 radical (unpaired) electrons. The van der Waals surface area contributed by atoms with Gasteiger partial charge < -0.3 is 4.98 Å². The molecule has 1 nitrogen and oxygen atoms in total. The normalized spacial score (nSPS) is 17.0. The van der Waals surface area contributed by atoms with E-state index in [2.05, 4.69) is 45.3 Å². The molecule has 3 rings (SSSR count). The Balaban J connectivity index is 1.77. The Bertz CT molecular complexity index is 509. The largest absolute Gasteiger partial charge is 0.361 e. The van der Waals surface area contributed by atoms with Crippen LogP contribution in [0.5, 0.6) is 0 Å². The van der Waals surface area contributed by atoms with Gasteiger partial charge in [-0.25, -0.2) is 0 Å². The van der Waals surface area contributed by atoms with Gasteiger partial charge in [0.15, 0.2) is 0 Å². The van der Waals surface area contributed by atoms with E-state index in [1.54, 1.807) is 0 Å². The molecular weight excluding hydrogens is 274 g/mol. The number of fused-ring (bicyclic) bond motifs is 1. The first kappa shape index (κ1) is 11.3. The van der Waals surface area contributed by atoms with Crippen molar-refractivity contribution >= 4 is 26.8 Å². The molecule has 1 aliphatic carbocycles. The highest BCUT2D eigenvalue weighted by molar-refractivity contribution is 9.10. The molecule has 0 atom stereocenters. The molecule has 0 bridgehead atoms. The minimum absolute atomic E-state index is 0.979. The predicted octanol–water partition coefficient (Wildman–Crippen LogP) is 5.05. The lowest BCUT2D eigenvalue weighted by atomic mass is 9.98. The van der Waals surface area contributed by atoms with E-state index in [-0.39, 0.29) is 0 Å². The van der Waals surface area contributed by atoms with Crippen molar-refractivity contribution < 1.29 is 0 Å². The van der Waals surface area contributed by atoms with Gasteiger partial charge in [-0.3, -0.25) is 0 Å². The number of nitrogens with one attached hydrogen (secondary N) is 1. The molecule has 0 aliphatic heterocycles. The Labute approximate surface area is 111 Å². The molecule has 2 aromatic rings. The molecule has 1 fully saturated rings. The smallest absolute Gasteiger partial charge is 0.0457 e. The summed E-state index contributed by atoms with van der Waals surface area (Å²) in [5, 5.41) is 1.39. The van der Waals surface area contributed by atoms with Gasteiger partial charge in [0, 0.05) is 21.6 Å². The average molecular weight is 292 g/mol. The second kappa shape index (κ2) is 4.85. The fraction of sp³-hybridized carbons (Fsp3) is 0.467. The number of hydrogen-bond donors (Lipinski definition) is 1. The summed E-state index contributed by atoms with van der Waals surface area (Å²) in [7, 11) is 0. The zero-order valence-electron chi connectivity index (χ0n) is 10.0. The Morgan fingerprint density at radius 1 is 1.24 bits per heavy atom. The van der Waals surface area contributed by atoms with Crippen molar-refractivity contribution in [3.63, 3.8) is 0 Å². The van der Waals surface area contributed by atoms with E-state index in [9.17, 15) is 0 Å². The van der Waals surface area contributed by atoms with Gasteiger partial charge in [-0.05, 0) is 42.5 Å². The molecule has 0 amide bonds.